The van der Waals surface area contributed by atoms with E-state index in [0.717, 1.165) is 48.2 Å². The fourth-order valence-electron chi connectivity index (χ4n) is 2.48. The summed E-state index contributed by atoms with van der Waals surface area (Å²) in [7, 11) is 0. The van der Waals surface area contributed by atoms with Gasteiger partial charge in [0.1, 0.15) is 0 Å². The monoisotopic (exact) mass is 337 g/mol. The Morgan fingerprint density at radius 3 is 2.90 bits per heavy atom. The third kappa shape index (κ3) is 2.77. The second kappa shape index (κ2) is 6.03. The number of halogens is 1. The van der Waals surface area contributed by atoms with E-state index in [0.29, 0.717) is 6.54 Å². The van der Waals surface area contributed by atoms with Crippen LogP contribution >= 0.6 is 15.9 Å². The number of fused-ring (bicyclic) bond motifs is 1. The van der Waals surface area contributed by atoms with Crippen molar-refractivity contribution < 1.29 is 4.74 Å². The molecule has 0 N–H and O–H groups in total. The Balaban J connectivity index is 1.88. The van der Waals surface area contributed by atoms with Crippen molar-refractivity contribution in [3.05, 3.63) is 39.4 Å². The summed E-state index contributed by atoms with van der Waals surface area (Å²) >= 11 is 3.44. The number of nitrogens with zero attached hydrogens (tertiary/aromatic N) is 3. The average molecular weight is 338 g/mol. The topological polar surface area (TPSA) is 47.4 Å². The first kappa shape index (κ1) is 13.7. The molecule has 1 fully saturated rings. The number of hydrogen-bond acceptors (Lipinski definition) is 4. The largest absolute Gasteiger partial charge is 0.379 e. The molecule has 0 saturated carbocycles. The molecule has 1 aliphatic heterocycles. The molecule has 20 heavy (non-hydrogen) atoms. The van der Waals surface area contributed by atoms with Gasteiger partial charge in [0.2, 0.25) is 0 Å². The number of pyridine rings is 2. The molecule has 3 heterocycles. The zero-order valence-electron chi connectivity index (χ0n) is 11.1. The second-order valence-corrected chi connectivity index (χ2v) is 5.68. The molecular formula is C14H16BrN3O2. The van der Waals surface area contributed by atoms with Crippen molar-refractivity contribution in [1.29, 1.82) is 0 Å². The smallest absolute Gasteiger partial charge is 0.252 e. The molecule has 1 saturated heterocycles. The lowest BCUT2D eigenvalue weighted by Crippen LogP contribution is -2.39. The van der Waals surface area contributed by atoms with E-state index in [-0.39, 0.29) is 5.56 Å². The molecule has 3 rings (SSSR count). The summed E-state index contributed by atoms with van der Waals surface area (Å²) in [5.74, 6) is 0. The Bertz CT molecular complexity index is 665. The van der Waals surface area contributed by atoms with Crippen LogP contribution < -0.4 is 5.56 Å². The van der Waals surface area contributed by atoms with Crippen LogP contribution in [-0.4, -0.2) is 47.3 Å². The van der Waals surface area contributed by atoms with Crippen molar-refractivity contribution >= 4 is 26.8 Å². The molecular weight excluding hydrogens is 322 g/mol. The van der Waals surface area contributed by atoms with Gasteiger partial charge in [-0.05, 0) is 22.0 Å². The van der Waals surface area contributed by atoms with Gasteiger partial charge in [0, 0.05) is 48.3 Å². The molecule has 0 aromatic carbocycles. The van der Waals surface area contributed by atoms with Crippen LogP contribution in [0.4, 0.5) is 0 Å². The third-order valence-corrected chi connectivity index (χ3v) is 4.26. The standard InChI is InChI=1S/C14H16BrN3O2/c15-12-9-14(19)18(13-10-16-2-1-11(12)13)4-3-17-5-7-20-8-6-17/h1-2,9-10H,3-8H2. The van der Waals surface area contributed by atoms with E-state index in [1.54, 1.807) is 23.0 Å². The number of morpholine rings is 1. The van der Waals surface area contributed by atoms with Crippen LogP contribution in [0.2, 0.25) is 0 Å². The van der Waals surface area contributed by atoms with Crippen LogP contribution in [0, 0.1) is 0 Å². The summed E-state index contributed by atoms with van der Waals surface area (Å²) in [5, 5.41) is 1.02. The van der Waals surface area contributed by atoms with Gasteiger partial charge in [0.15, 0.2) is 0 Å². The van der Waals surface area contributed by atoms with E-state index < -0.39 is 0 Å². The van der Waals surface area contributed by atoms with Gasteiger partial charge in [0.25, 0.3) is 5.56 Å². The maximum atomic E-state index is 12.2. The summed E-state index contributed by atoms with van der Waals surface area (Å²) in [4.78, 5) is 18.6. The van der Waals surface area contributed by atoms with Gasteiger partial charge < -0.3 is 9.30 Å². The second-order valence-electron chi connectivity index (χ2n) is 4.83. The minimum absolute atomic E-state index is 0.00522. The van der Waals surface area contributed by atoms with E-state index in [1.807, 2.05) is 6.07 Å². The molecule has 0 aliphatic carbocycles. The lowest BCUT2D eigenvalue weighted by Gasteiger charge is -2.26. The van der Waals surface area contributed by atoms with Gasteiger partial charge in [-0.15, -0.1) is 0 Å². The molecule has 106 valence electrons. The van der Waals surface area contributed by atoms with Crippen molar-refractivity contribution in [2.24, 2.45) is 0 Å². The first-order chi connectivity index (χ1) is 9.75. The van der Waals surface area contributed by atoms with Crippen molar-refractivity contribution in [3.63, 3.8) is 0 Å². The highest BCUT2D eigenvalue weighted by Crippen LogP contribution is 2.20. The Morgan fingerprint density at radius 1 is 1.30 bits per heavy atom. The van der Waals surface area contributed by atoms with Gasteiger partial charge in [-0.1, -0.05) is 0 Å². The van der Waals surface area contributed by atoms with Crippen LogP contribution in [0.1, 0.15) is 0 Å². The zero-order valence-corrected chi connectivity index (χ0v) is 12.7. The predicted molar refractivity (Wildman–Crippen MR) is 81.0 cm³/mol. The Morgan fingerprint density at radius 2 is 2.10 bits per heavy atom. The molecule has 5 nitrogen and oxygen atoms in total. The molecule has 6 heteroatoms. The van der Waals surface area contributed by atoms with E-state index in [4.69, 9.17) is 4.74 Å². The van der Waals surface area contributed by atoms with Crippen LogP contribution in [0.5, 0.6) is 0 Å². The van der Waals surface area contributed by atoms with Gasteiger partial charge >= 0.3 is 0 Å². The fourth-order valence-corrected chi connectivity index (χ4v) is 3.01. The van der Waals surface area contributed by atoms with Crippen molar-refractivity contribution in [2.75, 3.05) is 32.8 Å². The van der Waals surface area contributed by atoms with Crippen molar-refractivity contribution in [2.45, 2.75) is 6.54 Å². The normalized spacial score (nSPS) is 16.6. The number of rotatable bonds is 3. The average Bonchev–Trinajstić information content (AvgIpc) is 2.48. The minimum atomic E-state index is 0.00522. The molecule has 0 atom stereocenters. The molecule has 0 bridgehead atoms. The first-order valence-electron chi connectivity index (χ1n) is 6.69. The maximum absolute atomic E-state index is 12.2. The molecule has 0 radical (unpaired) electrons. The highest BCUT2D eigenvalue weighted by molar-refractivity contribution is 9.10. The summed E-state index contributed by atoms with van der Waals surface area (Å²) < 4.78 is 7.95. The van der Waals surface area contributed by atoms with Gasteiger partial charge in [-0.3, -0.25) is 14.7 Å². The van der Waals surface area contributed by atoms with E-state index in [9.17, 15) is 4.79 Å². The lowest BCUT2D eigenvalue weighted by atomic mass is 10.2. The molecule has 0 spiro atoms. The first-order valence-corrected chi connectivity index (χ1v) is 7.48. The summed E-state index contributed by atoms with van der Waals surface area (Å²) in [6.45, 7) is 4.95. The third-order valence-electron chi connectivity index (χ3n) is 3.61. The minimum Gasteiger partial charge on any atom is -0.379 e. The number of hydrogen-bond donors (Lipinski definition) is 0. The van der Waals surface area contributed by atoms with E-state index in [1.165, 1.54) is 0 Å². The van der Waals surface area contributed by atoms with Crippen molar-refractivity contribution in [1.82, 2.24) is 14.5 Å². The Kier molecular flexibility index (Phi) is 4.14. The number of aromatic nitrogens is 2. The van der Waals surface area contributed by atoms with Crippen LogP contribution in [0.15, 0.2) is 33.8 Å². The summed E-state index contributed by atoms with van der Waals surface area (Å²) in [6, 6.07) is 3.55. The number of ether oxygens (including phenoxy) is 1. The molecule has 2 aromatic heterocycles. The predicted octanol–water partition coefficient (Wildman–Crippen LogP) is 1.49. The maximum Gasteiger partial charge on any atom is 0.252 e. The summed E-state index contributed by atoms with van der Waals surface area (Å²) in [5.41, 5.74) is 0.880. The highest BCUT2D eigenvalue weighted by atomic mass is 79.9. The fraction of sp³-hybridized carbons (Fsp3) is 0.429. The Hall–Kier alpha value is -1.24. The van der Waals surface area contributed by atoms with Crippen molar-refractivity contribution in [3.8, 4) is 0 Å². The molecule has 1 aliphatic rings. The van der Waals surface area contributed by atoms with Gasteiger partial charge in [-0.25, -0.2) is 0 Å². The van der Waals surface area contributed by atoms with Gasteiger partial charge in [0.05, 0.1) is 24.9 Å². The molecule has 0 unspecified atom stereocenters. The molecule has 2 aromatic rings. The van der Waals surface area contributed by atoms with Crippen LogP contribution in [0.25, 0.3) is 10.9 Å². The highest BCUT2D eigenvalue weighted by Gasteiger charge is 2.12. The zero-order chi connectivity index (χ0) is 13.9. The van der Waals surface area contributed by atoms with Gasteiger partial charge in [-0.2, -0.15) is 0 Å². The van der Waals surface area contributed by atoms with E-state index >= 15 is 0 Å². The van der Waals surface area contributed by atoms with Crippen LogP contribution in [0.3, 0.4) is 0 Å². The SMILES string of the molecule is O=c1cc(Br)c2ccncc2n1CCN1CCOCC1. The quantitative estimate of drug-likeness (QED) is 0.851. The Labute approximate surface area is 125 Å². The van der Waals surface area contributed by atoms with Crippen LogP contribution in [-0.2, 0) is 11.3 Å². The summed E-state index contributed by atoms with van der Waals surface area (Å²) in [6.07, 6.45) is 3.49. The molecule has 0 amide bonds. The van der Waals surface area contributed by atoms with E-state index in [2.05, 4.69) is 25.8 Å². The lowest BCUT2D eigenvalue weighted by molar-refractivity contribution is 0.0364.